The molecule has 0 aromatic heterocycles. The molecule has 33 heavy (non-hydrogen) atoms. The van der Waals surface area contributed by atoms with Crippen LogP contribution < -0.4 is 5.32 Å². The van der Waals surface area contributed by atoms with Gasteiger partial charge in [0.15, 0.2) is 11.5 Å². The molecule has 2 saturated carbocycles. The number of hydrogen-bond acceptors (Lipinski definition) is 7. The third kappa shape index (κ3) is 2.75. The van der Waals surface area contributed by atoms with Crippen molar-refractivity contribution in [3.05, 3.63) is 29.8 Å². The molecule has 3 aliphatic carbocycles. The predicted molar refractivity (Wildman–Crippen MR) is 115 cm³/mol. The molecule has 1 amide bonds. The number of aromatic carboxylic acids is 1. The van der Waals surface area contributed by atoms with E-state index in [-0.39, 0.29) is 42.3 Å². The van der Waals surface area contributed by atoms with E-state index >= 15 is 0 Å². The number of phenolic OH excluding ortho intramolecular Hbond substituents is 1. The van der Waals surface area contributed by atoms with Gasteiger partial charge in [-0.3, -0.25) is 9.59 Å². The standard InChI is InChI=1S/C24H27NO8/c1-22(7-6-16(28)25-17-13(26)4-3-12(18(17)29)20(30)31)15(27)5-8-24-10-11-9-14(19(22)24)33-23(11,2)21(24)32/h3-5,8,11,14,19,21,26,29,32H,6-7,9-10H2,1-2H3,(H,25,28)(H,30,31)/t11-,14+,19?,21+,22-,23-,24-/m1/s1. The number of nitrogens with one attached hydrogen (secondary N) is 1. The van der Waals surface area contributed by atoms with E-state index in [0.717, 1.165) is 25.0 Å². The number of carbonyl (C=O) groups excluding carboxylic acids is 2. The Morgan fingerprint density at radius 3 is 2.64 bits per heavy atom. The number of aliphatic hydroxyl groups is 1. The molecule has 1 unspecified atom stereocenters. The van der Waals surface area contributed by atoms with Gasteiger partial charge in [-0.25, -0.2) is 4.79 Å². The normalized spacial score (nSPS) is 40.2. The number of ketones is 1. The third-order valence-electron chi connectivity index (χ3n) is 8.65. The number of phenols is 2. The van der Waals surface area contributed by atoms with Crippen molar-refractivity contribution in [3.8, 4) is 11.5 Å². The SMILES string of the molecule is C[C@@]12O[C@H]3C[C@@H]1C[C@@]1(C=CC(=O)[C@@](C)(CCC(=O)Nc4c(O)ccc(C(=O)O)c4O)C31)[C@H]2O. The van der Waals surface area contributed by atoms with Crippen LogP contribution in [-0.4, -0.2) is 55.9 Å². The Hall–Kier alpha value is -2.91. The van der Waals surface area contributed by atoms with E-state index in [9.17, 15) is 29.7 Å². The van der Waals surface area contributed by atoms with Crippen molar-refractivity contribution in [2.75, 3.05) is 5.32 Å². The molecule has 5 N–H and O–H groups in total. The van der Waals surface area contributed by atoms with Gasteiger partial charge in [-0.15, -0.1) is 0 Å². The van der Waals surface area contributed by atoms with Crippen molar-refractivity contribution in [3.63, 3.8) is 0 Å². The Balaban J connectivity index is 1.38. The molecule has 2 aliphatic heterocycles. The smallest absolute Gasteiger partial charge is 0.339 e. The van der Waals surface area contributed by atoms with Gasteiger partial charge in [0.1, 0.15) is 17.0 Å². The van der Waals surface area contributed by atoms with Gasteiger partial charge in [0, 0.05) is 23.2 Å². The van der Waals surface area contributed by atoms with E-state index in [1.54, 1.807) is 0 Å². The molecule has 6 rings (SSSR count). The van der Waals surface area contributed by atoms with Gasteiger partial charge in [-0.2, -0.15) is 0 Å². The molecule has 9 heteroatoms. The van der Waals surface area contributed by atoms with Gasteiger partial charge < -0.3 is 30.5 Å². The van der Waals surface area contributed by atoms with Crippen LogP contribution in [0.2, 0.25) is 0 Å². The monoisotopic (exact) mass is 457 g/mol. The van der Waals surface area contributed by atoms with Crippen LogP contribution in [0.1, 0.15) is 49.9 Å². The molecule has 4 bridgehead atoms. The Bertz CT molecular complexity index is 1110. The molecule has 1 aromatic rings. The molecule has 2 heterocycles. The van der Waals surface area contributed by atoms with Gasteiger partial charge in [0.2, 0.25) is 5.91 Å². The second-order valence-corrected chi connectivity index (χ2v) is 10.3. The molecule has 9 nitrogen and oxygen atoms in total. The molecule has 5 aliphatic rings. The summed E-state index contributed by atoms with van der Waals surface area (Å²) in [4.78, 5) is 37.0. The average Bonchev–Trinajstić information content (AvgIpc) is 3.09. The molecular formula is C24H27NO8. The number of aromatic hydroxyl groups is 2. The van der Waals surface area contributed by atoms with Crippen LogP contribution in [0, 0.1) is 22.7 Å². The summed E-state index contributed by atoms with van der Waals surface area (Å²) in [5.74, 6) is -3.37. The van der Waals surface area contributed by atoms with Crippen LogP contribution in [0.3, 0.4) is 0 Å². The Morgan fingerprint density at radius 1 is 1.24 bits per heavy atom. The summed E-state index contributed by atoms with van der Waals surface area (Å²) in [5, 5.41) is 42.9. The molecule has 7 atom stereocenters. The second kappa shape index (κ2) is 6.80. The summed E-state index contributed by atoms with van der Waals surface area (Å²) in [6, 6.07) is 2.11. The maximum atomic E-state index is 13.1. The van der Waals surface area contributed by atoms with Crippen molar-refractivity contribution < 1.29 is 39.5 Å². The number of benzene rings is 1. The minimum Gasteiger partial charge on any atom is -0.506 e. The first-order valence-electron chi connectivity index (χ1n) is 11.1. The van der Waals surface area contributed by atoms with Crippen LogP contribution in [-0.2, 0) is 14.3 Å². The van der Waals surface area contributed by atoms with Crippen molar-refractivity contribution in [2.45, 2.75) is 57.3 Å². The van der Waals surface area contributed by atoms with E-state index in [1.165, 1.54) is 6.08 Å². The predicted octanol–water partition coefficient (Wildman–Crippen LogP) is 2.20. The average molecular weight is 457 g/mol. The fourth-order valence-corrected chi connectivity index (χ4v) is 7.05. The number of aliphatic hydroxyl groups excluding tert-OH is 1. The quantitative estimate of drug-likeness (QED) is 0.422. The molecular weight excluding hydrogens is 430 g/mol. The molecule has 2 saturated heterocycles. The van der Waals surface area contributed by atoms with Crippen LogP contribution in [0.25, 0.3) is 0 Å². The van der Waals surface area contributed by atoms with E-state index in [2.05, 4.69) is 5.32 Å². The lowest BCUT2D eigenvalue weighted by Crippen LogP contribution is -2.62. The van der Waals surface area contributed by atoms with Gasteiger partial charge >= 0.3 is 5.97 Å². The molecule has 0 radical (unpaired) electrons. The summed E-state index contributed by atoms with van der Waals surface area (Å²) in [7, 11) is 0. The zero-order valence-corrected chi connectivity index (χ0v) is 18.4. The maximum absolute atomic E-state index is 13.1. The van der Waals surface area contributed by atoms with Crippen LogP contribution in [0.15, 0.2) is 24.3 Å². The molecule has 4 fully saturated rings. The summed E-state index contributed by atoms with van der Waals surface area (Å²) in [5.41, 5.74) is -2.97. The van der Waals surface area contributed by atoms with E-state index in [0.29, 0.717) is 0 Å². The lowest BCUT2D eigenvalue weighted by molar-refractivity contribution is -0.219. The van der Waals surface area contributed by atoms with Crippen LogP contribution in [0.5, 0.6) is 11.5 Å². The fraction of sp³-hybridized carbons (Fsp3) is 0.542. The number of ether oxygens (including phenoxy) is 1. The van der Waals surface area contributed by atoms with Crippen molar-refractivity contribution in [2.24, 2.45) is 22.7 Å². The van der Waals surface area contributed by atoms with Gasteiger partial charge in [0.05, 0.1) is 17.8 Å². The highest BCUT2D eigenvalue weighted by molar-refractivity contribution is 6.00. The number of carbonyl (C=O) groups is 3. The molecule has 1 aromatic carbocycles. The first-order chi connectivity index (χ1) is 15.4. The summed E-state index contributed by atoms with van der Waals surface area (Å²) in [6.45, 7) is 3.75. The van der Waals surface area contributed by atoms with Crippen molar-refractivity contribution >= 4 is 23.3 Å². The number of carboxylic acids is 1. The van der Waals surface area contributed by atoms with E-state index < -0.39 is 51.5 Å². The number of rotatable bonds is 5. The largest absolute Gasteiger partial charge is 0.506 e. The number of anilines is 1. The maximum Gasteiger partial charge on any atom is 0.339 e. The van der Waals surface area contributed by atoms with E-state index in [1.807, 2.05) is 19.9 Å². The highest BCUT2D eigenvalue weighted by atomic mass is 16.5. The first kappa shape index (κ1) is 21.9. The van der Waals surface area contributed by atoms with Crippen molar-refractivity contribution in [1.29, 1.82) is 0 Å². The second-order valence-electron chi connectivity index (χ2n) is 10.3. The Morgan fingerprint density at radius 2 is 1.97 bits per heavy atom. The minimum atomic E-state index is -1.40. The molecule has 1 spiro atoms. The summed E-state index contributed by atoms with van der Waals surface area (Å²) >= 11 is 0. The van der Waals surface area contributed by atoms with Crippen LogP contribution >= 0.6 is 0 Å². The minimum absolute atomic E-state index is 0.109. The zero-order valence-electron chi connectivity index (χ0n) is 18.4. The zero-order chi connectivity index (χ0) is 23.9. The Labute approximate surface area is 190 Å². The number of allylic oxidation sites excluding steroid dienone is 1. The first-order valence-corrected chi connectivity index (χ1v) is 11.1. The van der Waals surface area contributed by atoms with Gasteiger partial charge in [0.25, 0.3) is 0 Å². The topological polar surface area (TPSA) is 153 Å². The highest BCUT2D eigenvalue weighted by Gasteiger charge is 2.76. The number of hydrogen-bond donors (Lipinski definition) is 5. The Kier molecular flexibility index (Phi) is 4.52. The van der Waals surface area contributed by atoms with Gasteiger partial charge in [-0.05, 0) is 50.3 Å². The fourth-order valence-electron chi connectivity index (χ4n) is 7.05. The van der Waals surface area contributed by atoms with Gasteiger partial charge in [-0.1, -0.05) is 13.0 Å². The highest BCUT2D eigenvalue weighted by Crippen LogP contribution is 2.71. The van der Waals surface area contributed by atoms with Crippen molar-refractivity contribution in [1.82, 2.24) is 0 Å². The summed E-state index contributed by atoms with van der Waals surface area (Å²) in [6.07, 6.45) is 4.04. The lowest BCUT2D eigenvalue weighted by Gasteiger charge is -2.57. The molecule has 176 valence electrons. The third-order valence-corrected chi connectivity index (χ3v) is 8.65. The van der Waals surface area contributed by atoms with E-state index in [4.69, 9.17) is 9.84 Å². The lowest BCUT2D eigenvalue weighted by atomic mass is 9.50. The number of carboxylic acid groups (broad SMARTS) is 1. The van der Waals surface area contributed by atoms with Crippen LogP contribution in [0.4, 0.5) is 5.69 Å². The number of amides is 1. The summed E-state index contributed by atoms with van der Waals surface area (Å²) < 4.78 is 6.27.